The van der Waals surface area contributed by atoms with Gasteiger partial charge in [-0.1, -0.05) is 79.7 Å². The number of fused-ring (bicyclic) bond motifs is 1. The summed E-state index contributed by atoms with van der Waals surface area (Å²) < 4.78 is 28.1. The molecule has 6 nitrogen and oxygen atoms in total. The van der Waals surface area contributed by atoms with Crippen molar-refractivity contribution in [2.75, 3.05) is 5.75 Å². The van der Waals surface area contributed by atoms with Crippen molar-refractivity contribution < 1.29 is 18.0 Å². The predicted octanol–water partition coefficient (Wildman–Crippen LogP) is 4.26. The minimum atomic E-state index is -3.74. The van der Waals surface area contributed by atoms with Crippen molar-refractivity contribution in [3.05, 3.63) is 71.8 Å². The topological polar surface area (TPSA) is 76.0 Å². The fourth-order valence-electron chi connectivity index (χ4n) is 7.10. The van der Waals surface area contributed by atoms with Gasteiger partial charge >= 0.3 is 0 Å². The molecule has 7 heteroatoms. The maximum atomic E-state index is 14.0. The van der Waals surface area contributed by atoms with Gasteiger partial charge in [0.2, 0.25) is 10.0 Å². The van der Waals surface area contributed by atoms with Gasteiger partial charge in [-0.05, 0) is 41.7 Å². The number of hydrogen-bond donors (Lipinski definition) is 0. The number of benzene rings is 2. The molecule has 2 aliphatic carbocycles. The molecular formula is C26H28N2O4S. The standard InChI is InChI=1S/C26H28N2O4S/c1-25(2)19-13-14-26(25)16-33(30,31)28(20(26)15-19)24(29)22-21(17-9-5-3-6-10-17)23(32-27-22)18-11-7-4-8-12-18/h3-12,19-21,23H,13-16H2,1-2H3/t19-,20-,21+,23-,26-/m1/s1. The summed E-state index contributed by atoms with van der Waals surface area (Å²) in [5.74, 6) is -0.504. The number of hydrogen-bond acceptors (Lipinski definition) is 5. The third kappa shape index (κ3) is 2.75. The summed E-state index contributed by atoms with van der Waals surface area (Å²) in [6.45, 7) is 4.37. The lowest BCUT2D eigenvalue weighted by atomic mass is 9.69. The van der Waals surface area contributed by atoms with Gasteiger partial charge in [-0.2, -0.15) is 0 Å². The molecule has 3 fully saturated rings. The molecule has 0 N–H and O–H groups in total. The van der Waals surface area contributed by atoms with Gasteiger partial charge in [0.05, 0.1) is 17.7 Å². The highest BCUT2D eigenvalue weighted by Gasteiger charge is 2.72. The summed E-state index contributed by atoms with van der Waals surface area (Å²) in [7, 11) is -3.74. The molecule has 1 spiro atoms. The smallest absolute Gasteiger partial charge is 0.286 e. The SMILES string of the molecule is CC1(C)[C@@H]2CC[C@]13CS(=O)(=O)N(C(=O)C1=NO[C@H](c4ccccc4)[C@H]1c1ccccc1)[C@@H]3C2. The van der Waals surface area contributed by atoms with Gasteiger partial charge in [0.15, 0.2) is 11.8 Å². The first kappa shape index (κ1) is 20.9. The number of amides is 1. The van der Waals surface area contributed by atoms with Crippen LogP contribution in [0.25, 0.3) is 0 Å². The summed E-state index contributed by atoms with van der Waals surface area (Å²) in [5.41, 5.74) is 1.50. The second kappa shape index (κ2) is 6.92. The normalized spacial score (nSPS) is 35.2. The molecule has 2 bridgehead atoms. The van der Waals surface area contributed by atoms with Crippen LogP contribution in [0.15, 0.2) is 65.8 Å². The van der Waals surface area contributed by atoms with E-state index in [0.717, 1.165) is 30.4 Å². The van der Waals surface area contributed by atoms with Gasteiger partial charge in [-0.15, -0.1) is 0 Å². The van der Waals surface area contributed by atoms with Gasteiger partial charge < -0.3 is 4.84 Å². The van der Waals surface area contributed by atoms with Gasteiger partial charge in [-0.25, -0.2) is 12.7 Å². The average Bonchev–Trinajstić information content (AvgIpc) is 3.47. The molecule has 4 aliphatic rings. The van der Waals surface area contributed by atoms with Crippen molar-refractivity contribution >= 4 is 21.6 Å². The molecule has 1 amide bonds. The Labute approximate surface area is 194 Å². The van der Waals surface area contributed by atoms with E-state index < -0.39 is 28.0 Å². The summed E-state index contributed by atoms with van der Waals surface area (Å²) in [6.07, 6.45) is 2.15. The molecule has 33 heavy (non-hydrogen) atoms. The first-order valence-electron chi connectivity index (χ1n) is 11.7. The molecule has 0 radical (unpaired) electrons. The Morgan fingerprint density at radius 2 is 1.67 bits per heavy atom. The van der Waals surface area contributed by atoms with E-state index in [-0.39, 0.29) is 28.3 Å². The first-order chi connectivity index (χ1) is 15.8. The molecule has 172 valence electrons. The van der Waals surface area contributed by atoms with E-state index in [1.165, 1.54) is 4.31 Å². The molecule has 0 aromatic heterocycles. The van der Waals surface area contributed by atoms with Crippen molar-refractivity contribution in [2.24, 2.45) is 21.9 Å². The van der Waals surface area contributed by atoms with Crippen LogP contribution in [0.3, 0.4) is 0 Å². The Bertz CT molecular complexity index is 1240. The highest BCUT2D eigenvalue weighted by molar-refractivity contribution is 7.90. The Morgan fingerprint density at radius 1 is 1.03 bits per heavy atom. The lowest BCUT2D eigenvalue weighted by molar-refractivity contribution is -0.122. The Morgan fingerprint density at radius 3 is 2.30 bits per heavy atom. The Balaban J connectivity index is 1.41. The fraction of sp³-hybridized carbons (Fsp3) is 0.462. The van der Waals surface area contributed by atoms with E-state index in [4.69, 9.17) is 4.84 Å². The Hall–Kier alpha value is -2.67. The maximum absolute atomic E-state index is 14.0. The summed E-state index contributed by atoms with van der Waals surface area (Å²) in [5, 5.41) is 4.23. The third-order valence-corrected chi connectivity index (χ3v) is 10.9. The number of oxime groups is 1. The minimum Gasteiger partial charge on any atom is -0.386 e. The van der Waals surface area contributed by atoms with Crippen molar-refractivity contribution in [1.29, 1.82) is 0 Å². The lowest BCUT2D eigenvalue weighted by Crippen LogP contribution is -2.47. The predicted molar refractivity (Wildman–Crippen MR) is 125 cm³/mol. The molecule has 2 aliphatic heterocycles. The molecule has 2 saturated carbocycles. The van der Waals surface area contributed by atoms with Crippen LogP contribution in [0.4, 0.5) is 0 Å². The average molecular weight is 465 g/mol. The molecule has 2 heterocycles. The number of sulfonamides is 1. The van der Waals surface area contributed by atoms with Crippen LogP contribution in [0.5, 0.6) is 0 Å². The second-order valence-electron chi connectivity index (χ2n) is 10.5. The van der Waals surface area contributed by atoms with E-state index >= 15 is 0 Å². The fourth-order valence-corrected chi connectivity index (χ4v) is 9.63. The van der Waals surface area contributed by atoms with Gasteiger partial charge in [0.25, 0.3) is 5.91 Å². The first-order valence-corrected chi connectivity index (χ1v) is 13.3. The molecule has 6 rings (SSSR count). The minimum absolute atomic E-state index is 0.0478. The van der Waals surface area contributed by atoms with Crippen LogP contribution >= 0.6 is 0 Å². The zero-order valence-electron chi connectivity index (χ0n) is 18.8. The van der Waals surface area contributed by atoms with Crippen LogP contribution in [0, 0.1) is 16.7 Å². The number of nitrogens with zero attached hydrogens (tertiary/aromatic N) is 2. The molecule has 2 aromatic carbocycles. The van der Waals surface area contributed by atoms with Gasteiger partial charge in [0, 0.05) is 5.41 Å². The van der Waals surface area contributed by atoms with E-state index in [9.17, 15) is 13.2 Å². The molecule has 1 saturated heterocycles. The van der Waals surface area contributed by atoms with Gasteiger partial charge in [0.1, 0.15) is 0 Å². The summed E-state index contributed by atoms with van der Waals surface area (Å²) >= 11 is 0. The second-order valence-corrected chi connectivity index (χ2v) is 12.4. The number of carbonyl (C=O) groups excluding carboxylic acids is 1. The lowest BCUT2D eigenvalue weighted by Gasteiger charge is -2.37. The van der Waals surface area contributed by atoms with Crippen LogP contribution in [0.1, 0.15) is 56.3 Å². The van der Waals surface area contributed by atoms with Crippen LogP contribution in [0.2, 0.25) is 0 Å². The van der Waals surface area contributed by atoms with Crippen molar-refractivity contribution in [3.63, 3.8) is 0 Å². The van der Waals surface area contributed by atoms with Crippen molar-refractivity contribution in [3.8, 4) is 0 Å². The molecule has 5 atom stereocenters. The van der Waals surface area contributed by atoms with E-state index in [2.05, 4.69) is 19.0 Å². The van der Waals surface area contributed by atoms with Gasteiger partial charge in [-0.3, -0.25) is 4.79 Å². The van der Waals surface area contributed by atoms with Crippen molar-refractivity contribution in [1.82, 2.24) is 4.31 Å². The Kier molecular flexibility index (Phi) is 4.38. The van der Waals surface area contributed by atoms with Crippen molar-refractivity contribution in [2.45, 2.75) is 51.2 Å². The largest absolute Gasteiger partial charge is 0.386 e. The third-order valence-electron chi connectivity index (χ3n) is 8.98. The van der Waals surface area contributed by atoms with Crippen LogP contribution in [-0.2, 0) is 19.7 Å². The summed E-state index contributed by atoms with van der Waals surface area (Å²) in [6, 6.07) is 19.0. The molecule has 0 unspecified atom stereocenters. The molecule has 2 aromatic rings. The summed E-state index contributed by atoms with van der Waals surface area (Å²) in [4.78, 5) is 19.8. The van der Waals surface area contributed by atoms with Crippen LogP contribution < -0.4 is 0 Å². The number of carbonyl (C=O) groups is 1. The zero-order valence-corrected chi connectivity index (χ0v) is 19.7. The highest BCUT2D eigenvalue weighted by Crippen LogP contribution is 2.70. The maximum Gasteiger partial charge on any atom is 0.286 e. The zero-order chi connectivity index (χ0) is 23.0. The highest BCUT2D eigenvalue weighted by atomic mass is 32.2. The van der Waals surface area contributed by atoms with E-state index in [0.29, 0.717) is 5.92 Å². The molecular weight excluding hydrogens is 436 g/mol. The van der Waals surface area contributed by atoms with Crippen LogP contribution in [-0.4, -0.2) is 36.1 Å². The quantitative estimate of drug-likeness (QED) is 0.680. The number of rotatable bonds is 3. The van der Waals surface area contributed by atoms with E-state index in [1.54, 1.807) is 0 Å². The monoisotopic (exact) mass is 464 g/mol. The van der Waals surface area contributed by atoms with E-state index in [1.807, 2.05) is 60.7 Å².